The standard InChI is InChI=1S/C30H28N2O5/c1-17-22(18-9-5-3-6-10-18)24-27(33)29(37-2)25-23(17)28(24,34)30(29,20-13-15-21(16-14-20)32(35)36)31-26(25)19-11-7-4-8-12-19/h3-17,22-26,31,34H,1-2H3. The Hall–Kier alpha value is -3.39. The highest BCUT2D eigenvalue weighted by atomic mass is 16.6. The molecule has 4 bridgehead atoms. The molecule has 0 spiro atoms. The van der Waals surface area contributed by atoms with Crippen molar-refractivity contribution >= 4 is 11.5 Å². The van der Waals surface area contributed by atoms with Crippen molar-refractivity contribution in [1.29, 1.82) is 0 Å². The minimum absolute atomic E-state index is 0.0108. The van der Waals surface area contributed by atoms with Gasteiger partial charge in [0.05, 0.1) is 10.8 Å². The number of rotatable bonds is 5. The highest BCUT2D eigenvalue weighted by Crippen LogP contribution is 2.82. The average molecular weight is 497 g/mol. The number of fused-ring (bicyclic) bond motifs is 1. The predicted octanol–water partition coefficient (Wildman–Crippen LogP) is 4.13. The Labute approximate surface area is 214 Å². The number of non-ortho nitro benzene ring substituents is 1. The topological polar surface area (TPSA) is 102 Å². The van der Waals surface area contributed by atoms with Crippen LogP contribution in [0.15, 0.2) is 84.9 Å². The molecule has 7 heteroatoms. The molecular weight excluding hydrogens is 468 g/mol. The molecule has 4 aliphatic rings. The molecule has 3 aromatic rings. The van der Waals surface area contributed by atoms with Crippen LogP contribution in [0.5, 0.6) is 0 Å². The van der Waals surface area contributed by atoms with Crippen LogP contribution >= 0.6 is 0 Å². The first-order valence-electron chi connectivity index (χ1n) is 12.8. The van der Waals surface area contributed by atoms with E-state index in [1.807, 2.05) is 60.7 Å². The molecule has 7 nitrogen and oxygen atoms in total. The lowest BCUT2D eigenvalue weighted by molar-refractivity contribution is -0.384. The molecule has 0 radical (unpaired) electrons. The zero-order valence-electron chi connectivity index (χ0n) is 20.6. The van der Waals surface area contributed by atoms with E-state index in [-0.39, 0.29) is 41.2 Å². The van der Waals surface area contributed by atoms with Gasteiger partial charge in [-0.2, -0.15) is 0 Å². The van der Waals surface area contributed by atoms with Crippen molar-refractivity contribution < 1.29 is 19.6 Å². The number of nitrogens with one attached hydrogen (secondary N) is 1. The Morgan fingerprint density at radius 3 is 2.08 bits per heavy atom. The molecule has 3 aliphatic carbocycles. The van der Waals surface area contributed by atoms with Gasteiger partial charge in [-0.1, -0.05) is 79.7 Å². The van der Waals surface area contributed by atoms with Crippen molar-refractivity contribution in [2.24, 2.45) is 23.7 Å². The van der Waals surface area contributed by atoms with Crippen molar-refractivity contribution in [3.05, 3.63) is 112 Å². The summed E-state index contributed by atoms with van der Waals surface area (Å²) >= 11 is 0. The molecule has 37 heavy (non-hydrogen) atoms. The van der Waals surface area contributed by atoms with Crippen LogP contribution in [0.1, 0.15) is 35.6 Å². The van der Waals surface area contributed by atoms with Crippen LogP contribution in [0.3, 0.4) is 0 Å². The summed E-state index contributed by atoms with van der Waals surface area (Å²) in [5.74, 6) is -1.43. The zero-order chi connectivity index (χ0) is 25.7. The number of hydrogen-bond donors (Lipinski definition) is 2. The Balaban J connectivity index is 1.51. The van der Waals surface area contributed by atoms with E-state index >= 15 is 0 Å². The normalized spacial score (nSPS) is 40.9. The Morgan fingerprint density at radius 2 is 1.51 bits per heavy atom. The van der Waals surface area contributed by atoms with Crippen LogP contribution in [0.2, 0.25) is 0 Å². The number of hydrogen-bond acceptors (Lipinski definition) is 6. The first kappa shape index (κ1) is 22.8. The van der Waals surface area contributed by atoms with Gasteiger partial charge in [0.1, 0.15) is 11.1 Å². The SMILES string of the molecule is COC12C(=O)C3C(c4ccccc4)C(C)C4C1C(c1ccccc1)NC2(c1ccc([N+](=O)[O-])cc1)C34O. The number of aliphatic hydroxyl groups is 1. The fourth-order valence-electron chi connectivity index (χ4n) is 9.10. The minimum atomic E-state index is -1.42. The molecular formula is C30H28N2O5. The maximum Gasteiger partial charge on any atom is 0.269 e. The van der Waals surface area contributed by atoms with Gasteiger partial charge in [0.25, 0.3) is 5.69 Å². The van der Waals surface area contributed by atoms with Crippen molar-refractivity contribution in [2.75, 3.05) is 7.11 Å². The van der Waals surface area contributed by atoms with Crippen molar-refractivity contribution in [3.63, 3.8) is 0 Å². The summed E-state index contributed by atoms with van der Waals surface area (Å²) in [6.45, 7) is 2.15. The maximum absolute atomic E-state index is 14.7. The fourth-order valence-corrected chi connectivity index (χ4v) is 9.10. The predicted molar refractivity (Wildman–Crippen MR) is 136 cm³/mol. The second-order valence-corrected chi connectivity index (χ2v) is 11.0. The van der Waals surface area contributed by atoms with Gasteiger partial charge in [-0.25, -0.2) is 0 Å². The molecule has 2 N–H and O–H groups in total. The maximum atomic E-state index is 14.7. The summed E-state index contributed by atoms with van der Waals surface area (Å²) in [4.78, 5) is 25.7. The van der Waals surface area contributed by atoms with E-state index in [4.69, 9.17) is 4.74 Å². The molecule has 3 saturated carbocycles. The molecule has 7 rings (SSSR count). The second-order valence-electron chi connectivity index (χ2n) is 11.0. The number of carbonyl (C=O) groups is 1. The Bertz CT molecular complexity index is 1410. The number of carbonyl (C=O) groups excluding carboxylic acids is 1. The highest BCUT2D eigenvalue weighted by molar-refractivity contribution is 6.01. The van der Waals surface area contributed by atoms with Gasteiger partial charge in [-0.05, 0) is 28.5 Å². The van der Waals surface area contributed by atoms with Gasteiger partial charge in [0.2, 0.25) is 0 Å². The first-order chi connectivity index (χ1) is 17.8. The number of methoxy groups -OCH3 is 1. The summed E-state index contributed by atoms with van der Waals surface area (Å²) in [5.41, 5.74) is -1.32. The summed E-state index contributed by atoms with van der Waals surface area (Å²) in [7, 11) is 1.57. The summed E-state index contributed by atoms with van der Waals surface area (Å²) in [6.07, 6.45) is 0. The van der Waals surface area contributed by atoms with E-state index in [2.05, 4.69) is 12.2 Å². The summed E-state index contributed by atoms with van der Waals surface area (Å²) in [5, 5.41) is 28.1. The summed E-state index contributed by atoms with van der Waals surface area (Å²) < 4.78 is 6.35. The first-order valence-corrected chi connectivity index (χ1v) is 12.8. The number of benzene rings is 3. The molecule has 0 amide bonds. The van der Waals surface area contributed by atoms with Crippen LogP contribution < -0.4 is 5.32 Å². The number of piperidine rings is 1. The largest absolute Gasteiger partial charge is 0.386 e. The van der Waals surface area contributed by atoms with Gasteiger partial charge in [0.15, 0.2) is 11.4 Å². The molecule has 188 valence electrons. The van der Waals surface area contributed by atoms with Crippen LogP contribution in [-0.4, -0.2) is 34.1 Å². The number of Topliss-reactive ketones (excluding diaryl/α,β-unsaturated/α-hetero) is 1. The third-order valence-electron chi connectivity index (χ3n) is 10.0. The van der Waals surface area contributed by atoms with E-state index in [1.54, 1.807) is 19.2 Å². The van der Waals surface area contributed by atoms with Gasteiger partial charge < -0.3 is 9.84 Å². The van der Waals surface area contributed by atoms with Gasteiger partial charge >= 0.3 is 0 Å². The van der Waals surface area contributed by atoms with E-state index in [9.17, 15) is 20.0 Å². The Kier molecular flexibility index (Phi) is 4.52. The van der Waals surface area contributed by atoms with Crippen LogP contribution in [0, 0.1) is 33.8 Å². The third kappa shape index (κ3) is 2.33. The fraction of sp³-hybridized carbons (Fsp3) is 0.367. The number of nitrogens with zero attached hydrogens (tertiary/aromatic N) is 1. The van der Waals surface area contributed by atoms with E-state index in [0.29, 0.717) is 5.56 Å². The Morgan fingerprint density at radius 1 is 0.919 bits per heavy atom. The van der Waals surface area contributed by atoms with E-state index < -0.39 is 27.6 Å². The van der Waals surface area contributed by atoms with Crippen LogP contribution in [0.4, 0.5) is 5.69 Å². The smallest absolute Gasteiger partial charge is 0.269 e. The van der Waals surface area contributed by atoms with Gasteiger partial charge in [-0.15, -0.1) is 0 Å². The number of nitro benzene ring substituents is 1. The lowest BCUT2D eigenvalue weighted by Gasteiger charge is -2.47. The molecule has 9 unspecified atom stereocenters. The van der Waals surface area contributed by atoms with Crippen molar-refractivity contribution in [2.45, 2.75) is 35.6 Å². The lowest BCUT2D eigenvalue weighted by Crippen LogP contribution is -2.63. The second kappa shape index (κ2) is 7.34. The van der Waals surface area contributed by atoms with Gasteiger partial charge in [0, 0.05) is 37.1 Å². The molecule has 0 aromatic heterocycles. The quantitative estimate of drug-likeness (QED) is 0.407. The van der Waals surface area contributed by atoms with Gasteiger partial charge in [-0.3, -0.25) is 20.2 Å². The third-order valence-corrected chi connectivity index (χ3v) is 10.0. The average Bonchev–Trinajstić information content (AvgIpc) is 3.47. The molecule has 1 aliphatic heterocycles. The zero-order valence-corrected chi connectivity index (χ0v) is 20.6. The van der Waals surface area contributed by atoms with E-state index in [0.717, 1.165) is 11.1 Å². The molecule has 1 heterocycles. The number of nitro groups is 1. The molecule has 1 saturated heterocycles. The minimum Gasteiger partial charge on any atom is -0.386 e. The lowest BCUT2D eigenvalue weighted by atomic mass is 9.67. The van der Waals surface area contributed by atoms with Crippen molar-refractivity contribution in [1.82, 2.24) is 5.32 Å². The number of ketones is 1. The number of ether oxygens (including phenoxy) is 1. The molecule has 3 aromatic carbocycles. The van der Waals surface area contributed by atoms with E-state index in [1.165, 1.54) is 12.1 Å². The molecule has 9 atom stereocenters. The van der Waals surface area contributed by atoms with Crippen LogP contribution in [0.25, 0.3) is 0 Å². The van der Waals surface area contributed by atoms with Crippen LogP contribution in [-0.2, 0) is 15.1 Å². The molecule has 4 fully saturated rings. The monoisotopic (exact) mass is 496 g/mol. The highest BCUT2D eigenvalue weighted by Gasteiger charge is 2.95. The van der Waals surface area contributed by atoms with Crippen molar-refractivity contribution in [3.8, 4) is 0 Å². The summed E-state index contributed by atoms with van der Waals surface area (Å²) in [6, 6.07) is 26.0.